The SMILES string of the molecule is CCCCCC(=O)[O-].[Mg+][CH2]c1ccccc1. The normalized spacial score (nSPS) is 9.19. The molecule has 0 saturated heterocycles. The van der Waals surface area contributed by atoms with Crippen LogP contribution in [0.15, 0.2) is 30.3 Å². The first-order valence-electron chi connectivity index (χ1n) is 5.73. The Morgan fingerprint density at radius 1 is 1.25 bits per heavy atom. The Morgan fingerprint density at radius 2 is 1.88 bits per heavy atom. The van der Waals surface area contributed by atoms with Crippen molar-refractivity contribution in [3.8, 4) is 0 Å². The molecule has 0 heterocycles. The minimum atomic E-state index is -0.932. The van der Waals surface area contributed by atoms with E-state index in [0.717, 1.165) is 19.3 Å². The minimum absolute atomic E-state index is 0.216. The number of aliphatic carboxylic acids is 1. The number of carboxylic acid groups (broad SMARTS) is 1. The van der Waals surface area contributed by atoms with Gasteiger partial charge in [0.2, 0.25) is 0 Å². The summed E-state index contributed by atoms with van der Waals surface area (Å²) in [5, 5.41) is 9.76. The standard InChI is InChI=1S/C7H7.C6H12O2.Mg/c1-7-5-3-2-4-6-7;1-2-3-4-5-6(7)8;/h2-6H,1H2;2-5H2,1H3,(H,7,8);/q;;+1/p-1. The van der Waals surface area contributed by atoms with Crippen LogP contribution in [0.5, 0.6) is 0 Å². The van der Waals surface area contributed by atoms with Crippen molar-refractivity contribution < 1.29 is 9.90 Å². The number of unbranched alkanes of at least 4 members (excludes halogenated alkanes) is 2. The topological polar surface area (TPSA) is 40.1 Å². The molecule has 1 aromatic rings. The van der Waals surface area contributed by atoms with E-state index in [4.69, 9.17) is 0 Å². The van der Waals surface area contributed by atoms with Crippen LogP contribution in [-0.4, -0.2) is 27.7 Å². The van der Waals surface area contributed by atoms with Crippen molar-refractivity contribution >= 4 is 27.7 Å². The molecule has 84 valence electrons. The third-order valence-corrected chi connectivity index (χ3v) is 2.69. The van der Waals surface area contributed by atoms with Crippen molar-refractivity contribution in [1.82, 2.24) is 0 Å². The Hall–Kier alpha value is -0.544. The summed E-state index contributed by atoms with van der Waals surface area (Å²) in [5.41, 5.74) is 1.42. The maximum atomic E-state index is 9.76. The van der Waals surface area contributed by atoms with E-state index >= 15 is 0 Å². The average Bonchev–Trinajstić information content (AvgIpc) is 2.31. The summed E-state index contributed by atoms with van der Waals surface area (Å²) in [4.78, 5) is 9.76. The van der Waals surface area contributed by atoms with Crippen LogP contribution in [0.2, 0.25) is 0 Å². The molecule has 0 amide bonds. The van der Waals surface area contributed by atoms with Gasteiger partial charge in [-0.2, -0.15) is 0 Å². The maximum absolute atomic E-state index is 9.76. The van der Waals surface area contributed by atoms with Gasteiger partial charge in [0.05, 0.1) is 0 Å². The van der Waals surface area contributed by atoms with E-state index in [1.54, 1.807) is 0 Å². The number of rotatable bonds is 5. The first kappa shape index (κ1) is 15.5. The van der Waals surface area contributed by atoms with Crippen LogP contribution in [0, 0.1) is 0 Å². The van der Waals surface area contributed by atoms with E-state index < -0.39 is 5.97 Å². The molecule has 1 aromatic carbocycles. The monoisotopic (exact) mass is 230 g/mol. The predicted octanol–water partition coefficient (Wildman–Crippen LogP) is 1.67. The molecular weight excluding hydrogens is 212 g/mol. The van der Waals surface area contributed by atoms with Gasteiger partial charge in [-0.3, -0.25) is 0 Å². The van der Waals surface area contributed by atoms with Crippen LogP contribution in [0.4, 0.5) is 0 Å². The fraction of sp³-hybridized carbons (Fsp3) is 0.462. The molecule has 0 unspecified atom stereocenters. The van der Waals surface area contributed by atoms with E-state index in [1.165, 1.54) is 10.1 Å². The van der Waals surface area contributed by atoms with Crippen LogP contribution in [0.25, 0.3) is 0 Å². The molecular formula is C13H18MgO2. The molecule has 0 aliphatic carbocycles. The summed E-state index contributed by atoms with van der Waals surface area (Å²) in [7, 11) is 0. The molecule has 0 bridgehead atoms. The van der Waals surface area contributed by atoms with Gasteiger partial charge in [-0.05, 0) is 12.8 Å². The molecule has 0 radical (unpaired) electrons. The quantitative estimate of drug-likeness (QED) is 0.570. The number of hydrogen-bond donors (Lipinski definition) is 0. The summed E-state index contributed by atoms with van der Waals surface area (Å²) in [6.07, 6.45) is 3.04. The van der Waals surface area contributed by atoms with Gasteiger partial charge in [0, 0.05) is 5.97 Å². The first-order chi connectivity index (χ1) is 7.70. The fourth-order valence-corrected chi connectivity index (χ4v) is 1.50. The zero-order valence-corrected chi connectivity index (χ0v) is 11.4. The summed E-state index contributed by atoms with van der Waals surface area (Å²) in [5.74, 6) is -0.932. The molecule has 0 atom stereocenters. The summed E-state index contributed by atoms with van der Waals surface area (Å²) < 4.78 is 1.17. The van der Waals surface area contributed by atoms with Gasteiger partial charge in [0.25, 0.3) is 0 Å². The molecule has 2 nitrogen and oxygen atoms in total. The molecule has 1 rings (SSSR count). The van der Waals surface area contributed by atoms with Crippen LogP contribution >= 0.6 is 0 Å². The van der Waals surface area contributed by atoms with Gasteiger partial charge in [-0.15, -0.1) is 0 Å². The van der Waals surface area contributed by atoms with Gasteiger partial charge in [-0.25, -0.2) is 0 Å². The van der Waals surface area contributed by atoms with Gasteiger partial charge in [-0.1, -0.05) is 19.8 Å². The van der Waals surface area contributed by atoms with Crippen molar-refractivity contribution in [2.75, 3.05) is 0 Å². The summed E-state index contributed by atoms with van der Waals surface area (Å²) >= 11 is 1.98. The van der Waals surface area contributed by atoms with Crippen molar-refractivity contribution in [3.05, 3.63) is 35.9 Å². The number of hydrogen-bond acceptors (Lipinski definition) is 2. The van der Waals surface area contributed by atoms with Gasteiger partial charge < -0.3 is 9.90 Å². The Morgan fingerprint density at radius 3 is 2.25 bits per heavy atom. The number of carboxylic acids is 1. The molecule has 0 N–H and O–H groups in total. The molecule has 0 spiro atoms. The number of benzene rings is 1. The summed E-state index contributed by atoms with van der Waals surface area (Å²) in [6.45, 7) is 2.04. The van der Waals surface area contributed by atoms with Crippen LogP contribution in [0.1, 0.15) is 38.2 Å². The first-order valence-corrected chi connectivity index (χ1v) is 6.73. The molecule has 0 aromatic heterocycles. The van der Waals surface area contributed by atoms with Gasteiger partial charge >= 0.3 is 62.2 Å². The van der Waals surface area contributed by atoms with Crippen molar-refractivity contribution in [3.63, 3.8) is 0 Å². The molecule has 0 aliphatic heterocycles. The second-order valence-electron chi connectivity index (χ2n) is 3.56. The molecule has 3 heteroatoms. The van der Waals surface area contributed by atoms with E-state index in [-0.39, 0.29) is 6.42 Å². The zero-order valence-electron chi connectivity index (χ0n) is 9.95. The van der Waals surface area contributed by atoms with Crippen molar-refractivity contribution in [1.29, 1.82) is 0 Å². The predicted molar refractivity (Wildman–Crippen MR) is 65.0 cm³/mol. The van der Waals surface area contributed by atoms with E-state index in [9.17, 15) is 9.90 Å². The van der Waals surface area contributed by atoms with E-state index in [2.05, 4.69) is 24.3 Å². The summed E-state index contributed by atoms with van der Waals surface area (Å²) in [6, 6.07) is 10.5. The Bertz CT molecular complexity index is 273. The Balaban J connectivity index is 0.000000281. The number of carbonyl (C=O) groups is 1. The second kappa shape index (κ2) is 11.0. The van der Waals surface area contributed by atoms with Crippen LogP contribution in [0.3, 0.4) is 0 Å². The zero-order chi connectivity index (χ0) is 12.2. The Kier molecular flexibility index (Phi) is 10.6. The molecule has 0 fully saturated rings. The second-order valence-corrected chi connectivity index (χ2v) is 4.06. The molecule has 0 saturated carbocycles. The average molecular weight is 231 g/mol. The Labute approximate surface area is 110 Å². The van der Waals surface area contributed by atoms with Gasteiger partial charge in [0.15, 0.2) is 0 Å². The third-order valence-electron chi connectivity index (χ3n) is 2.12. The third kappa shape index (κ3) is 9.99. The molecule has 0 aliphatic rings. The van der Waals surface area contributed by atoms with Crippen LogP contribution in [-0.2, 0) is 9.34 Å². The molecule has 16 heavy (non-hydrogen) atoms. The number of carbonyl (C=O) groups excluding carboxylic acids is 1. The van der Waals surface area contributed by atoms with Crippen molar-refractivity contribution in [2.45, 2.75) is 37.2 Å². The van der Waals surface area contributed by atoms with E-state index in [0.29, 0.717) is 0 Å². The van der Waals surface area contributed by atoms with E-state index in [1.807, 2.05) is 34.7 Å². The van der Waals surface area contributed by atoms with Gasteiger partial charge in [0.1, 0.15) is 0 Å². The fourth-order valence-electron chi connectivity index (χ4n) is 1.16. The van der Waals surface area contributed by atoms with Crippen molar-refractivity contribution in [2.24, 2.45) is 0 Å². The van der Waals surface area contributed by atoms with Crippen LogP contribution < -0.4 is 5.11 Å².